The Hall–Kier alpha value is -1.55. The average Bonchev–Trinajstić information content (AvgIpc) is 3.16. The lowest BCUT2D eigenvalue weighted by atomic mass is 10.1. The molecular formula is C23H39IN4O3. The zero-order valence-corrected chi connectivity index (χ0v) is 21.8. The van der Waals surface area contributed by atoms with Gasteiger partial charge in [-0.15, -0.1) is 24.0 Å². The highest BCUT2D eigenvalue weighted by Gasteiger charge is 2.26. The Bertz CT molecular complexity index is 679. The van der Waals surface area contributed by atoms with Crippen molar-refractivity contribution in [1.82, 2.24) is 15.5 Å². The van der Waals surface area contributed by atoms with Gasteiger partial charge in [0.15, 0.2) is 5.96 Å². The van der Waals surface area contributed by atoms with Crippen LogP contribution in [-0.4, -0.2) is 61.9 Å². The number of halogens is 1. The van der Waals surface area contributed by atoms with Crippen molar-refractivity contribution in [1.29, 1.82) is 0 Å². The Morgan fingerprint density at radius 1 is 1.26 bits per heavy atom. The summed E-state index contributed by atoms with van der Waals surface area (Å²) in [7, 11) is 0. The van der Waals surface area contributed by atoms with Crippen LogP contribution in [0.4, 0.5) is 4.79 Å². The number of amides is 1. The van der Waals surface area contributed by atoms with Crippen molar-refractivity contribution in [2.75, 3.05) is 39.4 Å². The summed E-state index contributed by atoms with van der Waals surface area (Å²) in [6.45, 7) is 14.3. The molecule has 1 fully saturated rings. The fraction of sp³-hybridized carbons (Fsp3) is 0.652. The highest BCUT2D eigenvalue weighted by Crippen LogP contribution is 2.18. The number of ether oxygens (including phenoxy) is 2. The van der Waals surface area contributed by atoms with E-state index < -0.39 is 11.7 Å². The molecule has 2 N–H and O–H groups in total. The molecule has 2 unspecified atom stereocenters. The van der Waals surface area contributed by atoms with Crippen LogP contribution in [0.25, 0.3) is 0 Å². The molecule has 1 saturated heterocycles. The fourth-order valence-corrected chi connectivity index (χ4v) is 3.42. The molecule has 1 heterocycles. The van der Waals surface area contributed by atoms with Crippen LogP contribution < -0.4 is 10.6 Å². The van der Waals surface area contributed by atoms with Crippen molar-refractivity contribution in [3.8, 4) is 0 Å². The van der Waals surface area contributed by atoms with E-state index in [1.54, 1.807) is 0 Å². The smallest absolute Gasteiger partial charge is 0.408 e. The number of aliphatic imine (C=N–C) groups is 1. The van der Waals surface area contributed by atoms with Crippen molar-refractivity contribution in [3.05, 3.63) is 35.9 Å². The fourth-order valence-electron chi connectivity index (χ4n) is 3.42. The quantitative estimate of drug-likeness (QED) is 0.291. The number of likely N-dealkylation sites (tertiary alicyclic amines) is 1. The molecule has 0 aromatic heterocycles. The summed E-state index contributed by atoms with van der Waals surface area (Å²) >= 11 is 0. The van der Waals surface area contributed by atoms with E-state index in [1.807, 2.05) is 58.0 Å². The van der Waals surface area contributed by atoms with Crippen LogP contribution in [0.2, 0.25) is 0 Å². The van der Waals surface area contributed by atoms with Gasteiger partial charge in [0.2, 0.25) is 0 Å². The van der Waals surface area contributed by atoms with E-state index in [2.05, 4.69) is 22.5 Å². The Balaban J connectivity index is 0.00000480. The first-order chi connectivity index (χ1) is 14.3. The number of rotatable bonds is 8. The van der Waals surface area contributed by atoms with Gasteiger partial charge in [-0.25, -0.2) is 4.79 Å². The largest absolute Gasteiger partial charge is 0.444 e. The van der Waals surface area contributed by atoms with E-state index in [-0.39, 0.29) is 30.0 Å². The summed E-state index contributed by atoms with van der Waals surface area (Å²) in [4.78, 5) is 19.5. The van der Waals surface area contributed by atoms with E-state index in [0.717, 1.165) is 50.8 Å². The van der Waals surface area contributed by atoms with E-state index in [4.69, 9.17) is 14.5 Å². The SMILES string of the molecule is CCNC(=NCC(NC(=O)OC(C)(C)C)c1ccccc1)N1CCC(COCC)C1.I. The molecule has 2 rings (SSSR count). The predicted octanol–water partition coefficient (Wildman–Crippen LogP) is 4.19. The van der Waals surface area contributed by atoms with Crippen LogP contribution in [0.5, 0.6) is 0 Å². The molecule has 7 nitrogen and oxygen atoms in total. The Labute approximate surface area is 204 Å². The van der Waals surface area contributed by atoms with Gasteiger partial charge >= 0.3 is 6.09 Å². The number of benzene rings is 1. The van der Waals surface area contributed by atoms with Crippen LogP contribution in [0.15, 0.2) is 35.3 Å². The standard InChI is InChI=1S/C23H38N4O3.HI/c1-6-24-21(27-14-13-18(16-27)17-29-7-2)25-15-20(19-11-9-8-10-12-19)26-22(28)30-23(3,4)5;/h8-12,18,20H,6-7,13-17H2,1-5H3,(H,24,25)(H,26,28);1H. The third kappa shape index (κ3) is 10.1. The van der Waals surface area contributed by atoms with Crippen LogP contribution in [0, 0.1) is 5.92 Å². The van der Waals surface area contributed by atoms with Crippen LogP contribution >= 0.6 is 24.0 Å². The number of hydrogen-bond acceptors (Lipinski definition) is 4. The summed E-state index contributed by atoms with van der Waals surface area (Å²) in [6.07, 6.45) is 0.664. The van der Waals surface area contributed by atoms with Crippen molar-refractivity contribution < 1.29 is 14.3 Å². The predicted molar refractivity (Wildman–Crippen MR) is 136 cm³/mol. The lowest BCUT2D eigenvalue weighted by Crippen LogP contribution is -2.41. The van der Waals surface area contributed by atoms with Gasteiger partial charge in [0, 0.05) is 32.2 Å². The molecule has 1 aliphatic rings. The van der Waals surface area contributed by atoms with Crippen molar-refractivity contribution in [3.63, 3.8) is 0 Å². The lowest BCUT2D eigenvalue weighted by molar-refractivity contribution is 0.0505. The maximum absolute atomic E-state index is 12.4. The minimum absolute atomic E-state index is 0. The minimum Gasteiger partial charge on any atom is -0.444 e. The van der Waals surface area contributed by atoms with Gasteiger partial charge in [0.1, 0.15) is 5.60 Å². The third-order valence-corrected chi connectivity index (χ3v) is 4.79. The molecule has 0 aliphatic carbocycles. The molecular weight excluding hydrogens is 507 g/mol. The van der Waals surface area contributed by atoms with Gasteiger partial charge in [0.05, 0.1) is 19.2 Å². The van der Waals surface area contributed by atoms with Gasteiger partial charge < -0.3 is 25.0 Å². The molecule has 1 aromatic rings. The summed E-state index contributed by atoms with van der Waals surface area (Å²) in [5.41, 5.74) is 0.452. The summed E-state index contributed by atoms with van der Waals surface area (Å²) in [5.74, 6) is 1.40. The number of carbonyl (C=O) groups excluding carboxylic acids is 1. The van der Waals surface area contributed by atoms with Gasteiger partial charge in [-0.1, -0.05) is 30.3 Å². The van der Waals surface area contributed by atoms with E-state index in [0.29, 0.717) is 12.5 Å². The number of nitrogens with one attached hydrogen (secondary N) is 2. The average molecular weight is 546 g/mol. The second-order valence-corrected chi connectivity index (χ2v) is 8.56. The molecule has 0 bridgehead atoms. The summed E-state index contributed by atoms with van der Waals surface area (Å²) in [6, 6.07) is 9.62. The lowest BCUT2D eigenvalue weighted by Gasteiger charge is -2.25. The molecule has 31 heavy (non-hydrogen) atoms. The highest BCUT2D eigenvalue weighted by atomic mass is 127. The Morgan fingerprint density at radius 2 is 1.97 bits per heavy atom. The number of carbonyl (C=O) groups is 1. The molecule has 1 aromatic carbocycles. The zero-order chi connectivity index (χ0) is 22.0. The molecule has 2 atom stereocenters. The van der Waals surface area contributed by atoms with E-state index in [1.165, 1.54) is 0 Å². The normalized spacial score (nSPS) is 17.6. The van der Waals surface area contributed by atoms with Gasteiger partial charge in [0.25, 0.3) is 0 Å². The van der Waals surface area contributed by atoms with Crippen molar-refractivity contribution in [2.45, 2.75) is 52.7 Å². The van der Waals surface area contributed by atoms with Crippen molar-refractivity contribution in [2.24, 2.45) is 10.9 Å². The van der Waals surface area contributed by atoms with E-state index in [9.17, 15) is 4.79 Å². The third-order valence-electron chi connectivity index (χ3n) is 4.79. The second-order valence-electron chi connectivity index (χ2n) is 8.56. The van der Waals surface area contributed by atoms with Gasteiger partial charge in [-0.05, 0) is 46.6 Å². The summed E-state index contributed by atoms with van der Waals surface area (Å²) in [5, 5.41) is 6.37. The summed E-state index contributed by atoms with van der Waals surface area (Å²) < 4.78 is 11.1. The number of nitrogens with zero attached hydrogens (tertiary/aromatic N) is 2. The molecule has 0 radical (unpaired) electrons. The minimum atomic E-state index is -0.547. The first-order valence-corrected chi connectivity index (χ1v) is 11.0. The number of hydrogen-bond donors (Lipinski definition) is 2. The zero-order valence-electron chi connectivity index (χ0n) is 19.5. The number of guanidine groups is 1. The van der Waals surface area contributed by atoms with E-state index >= 15 is 0 Å². The molecule has 176 valence electrons. The monoisotopic (exact) mass is 546 g/mol. The first kappa shape index (κ1) is 27.5. The van der Waals surface area contributed by atoms with Gasteiger partial charge in [-0.2, -0.15) is 0 Å². The Kier molecular flexibility index (Phi) is 12.2. The van der Waals surface area contributed by atoms with Crippen LogP contribution in [0.1, 0.15) is 52.6 Å². The highest BCUT2D eigenvalue weighted by molar-refractivity contribution is 14.0. The molecule has 0 spiro atoms. The molecule has 1 amide bonds. The van der Waals surface area contributed by atoms with Crippen LogP contribution in [0.3, 0.4) is 0 Å². The number of alkyl carbamates (subject to hydrolysis) is 1. The molecule has 8 heteroatoms. The first-order valence-electron chi connectivity index (χ1n) is 11.0. The topological polar surface area (TPSA) is 75.2 Å². The maximum Gasteiger partial charge on any atom is 0.408 e. The maximum atomic E-state index is 12.4. The molecule has 1 aliphatic heterocycles. The van der Waals surface area contributed by atoms with Gasteiger partial charge in [-0.3, -0.25) is 4.99 Å². The Morgan fingerprint density at radius 3 is 2.58 bits per heavy atom. The molecule has 0 saturated carbocycles. The van der Waals surface area contributed by atoms with Crippen molar-refractivity contribution >= 4 is 36.0 Å². The second kappa shape index (κ2) is 13.8. The van der Waals surface area contributed by atoms with Crippen LogP contribution in [-0.2, 0) is 9.47 Å².